The van der Waals surface area contributed by atoms with E-state index >= 15 is 0 Å². The molecule has 0 aliphatic heterocycles. The highest BCUT2D eigenvalue weighted by Crippen LogP contribution is 2.32. The van der Waals surface area contributed by atoms with Crippen molar-refractivity contribution in [3.63, 3.8) is 0 Å². The van der Waals surface area contributed by atoms with Gasteiger partial charge in [-0.3, -0.25) is 14.5 Å². The van der Waals surface area contributed by atoms with E-state index in [4.69, 9.17) is 20.3 Å². The Bertz CT molecular complexity index is 2300. The lowest BCUT2D eigenvalue weighted by Crippen LogP contribution is -2.35. The van der Waals surface area contributed by atoms with Gasteiger partial charge in [0.1, 0.15) is 11.6 Å². The van der Waals surface area contributed by atoms with Crippen LogP contribution in [0.2, 0.25) is 0 Å². The number of imidazole rings is 1. The van der Waals surface area contributed by atoms with Crippen LogP contribution >= 0.6 is 11.8 Å². The summed E-state index contributed by atoms with van der Waals surface area (Å²) >= 11 is 1.46. The number of hydrogen-bond donors (Lipinski definition) is 3. The Kier molecular flexibility index (Phi) is 17.0. The number of hydrogen-bond acceptors (Lipinski definition) is 11. The minimum absolute atomic E-state index is 0.156. The molecular weight excluding hydrogens is 833 g/mol. The first-order chi connectivity index (χ1) is 29.6. The van der Waals surface area contributed by atoms with Gasteiger partial charge in [0.2, 0.25) is 12.4 Å². The second kappa shape index (κ2) is 22.1. The third-order valence-corrected chi connectivity index (χ3v) is 11.5. The average molecular weight is 883 g/mol. The SMILES string of the molecule is CCN(CC)CCN(C)Cc1cnc(Cn2c(SCc3ccc(F)cc3)nc(=O)c3c2CCC3)n1Cc1ccc(-c2ccc(C(F)(F)F)cc2)cc1.O=COC(O)C(O)C(=O)O. The molecule has 6 rings (SSSR count). The lowest BCUT2D eigenvalue weighted by atomic mass is 10.0. The van der Waals surface area contributed by atoms with Crippen molar-refractivity contribution in [2.75, 3.05) is 33.2 Å². The van der Waals surface area contributed by atoms with E-state index in [9.17, 15) is 31.9 Å². The molecule has 18 heteroatoms. The molecular formula is C44H50F4N6O7S. The van der Waals surface area contributed by atoms with Gasteiger partial charge in [0.25, 0.3) is 12.0 Å². The number of nitrogens with zero attached hydrogens (tertiary/aromatic N) is 6. The Morgan fingerprint density at radius 2 is 1.55 bits per heavy atom. The van der Waals surface area contributed by atoms with Gasteiger partial charge >= 0.3 is 12.1 Å². The first-order valence-corrected chi connectivity index (χ1v) is 21.0. The van der Waals surface area contributed by atoms with Crippen molar-refractivity contribution < 1.29 is 47.2 Å². The van der Waals surface area contributed by atoms with E-state index < -0.39 is 30.1 Å². The van der Waals surface area contributed by atoms with Crippen LogP contribution in [0, 0.1) is 5.82 Å². The Labute approximate surface area is 360 Å². The van der Waals surface area contributed by atoms with Crippen LogP contribution in [-0.4, -0.2) is 102 Å². The molecule has 0 amide bonds. The molecule has 2 heterocycles. The normalized spacial score (nSPS) is 13.4. The van der Waals surface area contributed by atoms with Crippen molar-refractivity contribution in [3.05, 3.63) is 135 Å². The number of aliphatic hydroxyl groups is 2. The predicted molar refractivity (Wildman–Crippen MR) is 225 cm³/mol. The van der Waals surface area contributed by atoms with E-state index in [-0.39, 0.29) is 17.8 Å². The first kappa shape index (κ1) is 47.6. The summed E-state index contributed by atoms with van der Waals surface area (Å²) in [4.78, 5) is 46.6. The number of fused-ring (bicyclic) bond motifs is 1. The van der Waals surface area contributed by atoms with Gasteiger partial charge in [-0.25, -0.2) is 14.2 Å². The van der Waals surface area contributed by atoms with Crippen LogP contribution < -0.4 is 5.56 Å². The lowest BCUT2D eigenvalue weighted by Gasteiger charge is -2.24. The Morgan fingerprint density at radius 3 is 2.15 bits per heavy atom. The van der Waals surface area contributed by atoms with Gasteiger partial charge in [-0.1, -0.05) is 74.1 Å². The summed E-state index contributed by atoms with van der Waals surface area (Å²) < 4.78 is 61.0. The summed E-state index contributed by atoms with van der Waals surface area (Å²) in [6.07, 6.45) is -4.17. The van der Waals surface area contributed by atoms with Crippen molar-refractivity contribution in [2.45, 2.75) is 82.2 Å². The number of alkyl halides is 3. The van der Waals surface area contributed by atoms with E-state index in [1.165, 1.54) is 36.0 Å². The highest BCUT2D eigenvalue weighted by molar-refractivity contribution is 7.98. The van der Waals surface area contributed by atoms with E-state index in [0.717, 1.165) is 90.6 Å². The molecule has 1 aliphatic carbocycles. The van der Waals surface area contributed by atoms with Crippen LogP contribution in [0.3, 0.4) is 0 Å². The lowest BCUT2D eigenvalue weighted by molar-refractivity contribution is -0.185. The molecule has 0 bridgehead atoms. The number of aliphatic hydroxyl groups excluding tert-OH is 2. The van der Waals surface area contributed by atoms with Crippen LogP contribution in [0.4, 0.5) is 17.6 Å². The zero-order valence-electron chi connectivity index (χ0n) is 34.6. The number of aromatic nitrogens is 4. The number of thioether (sulfide) groups is 1. The quantitative estimate of drug-likeness (QED) is 0.0299. The second-order valence-corrected chi connectivity index (χ2v) is 15.6. The third-order valence-electron chi connectivity index (χ3n) is 10.5. The third kappa shape index (κ3) is 12.8. The minimum atomic E-state index is -4.38. The number of carboxylic acids is 1. The van der Waals surface area contributed by atoms with E-state index in [2.05, 4.69) is 49.6 Å². The maximum Gasteiger partial charge on any atom is 0.416 e. The number of likely N-dealkylation sites (N-methyl/N-ethyl adjacent to an activating group) is 2. The summed E-state index contributed by atoms with van der Waals surface area (Å²) in [6, 6.07) is 19.5. The summed E-state index contributed by atoms with van der Waals surface area (Å²) in [5, 5.41) is 25.4. The standard InChI is InChI=1S/C40H44F4N6OS.C4H6O6/c1-4-48(5-2)22-21-47(3)25-34-23-45-37(49(34)24-28-9-13-30(14-10-28)31-15-17-32(18-16-31)40(42,43)44)26-50-36-8-6-7-35(36)38(51)46-39(50)52-27-29-11-19-33(41)20-12-29;5-1-10-4(9)2(6)3(7)8/h9-20,23H,4-8,21-22,24-27H2,1-3H3;1-2,4,6,9H,(H,7,8). The van der Waals surface area contributed by atoms with E-state index in [1.807, 2.05) is 30.5 Å². The molecule has 332 valence electrons. The summed E-state index contributed by atoms with van der Waals surface area (Å²) in [5.41, 5.74) is 5.46. The maximum absolute atomic E-state index is 13.6. The van der Waals surface area contributed by atoms with Crippen molar-refractivity contribution >= 4 is 24.2 Å². The second-order valence-electron chi connectivity index (χ2n) is 14.7. The Hall–Kier alpha value is -5.40. The van der Waals surface area contributed by atoms with Gasteiger partial charge in [0, 0.05) is 49.4 Å². The largest absolute Gasteiger partial charge is 0.479 e. The molecule has 3 N–H and O–H groups in total. The average Bonchev–Trinajstić information content (AvgIpc) is 3.90. The summed E-state index contributed by atoms with van der Waals surface area (Å²) in [7, 11) is 2.11. The molecule has 2 atom stereocenters. The number of halogens is 4. The summed E-state index contributed by atoms with van der Waals surface area (Å²) in [6.45, 7) is 9.67. The zero-order chi connectivity index (χ0) is 45.0. The molecule has 13 nitrogen and oxygen atoms in total. The van der Waals surface area contributed by atoms with Gasteiger partial charge in [0.05, 0.1) is 17.8 Å². The molecule has 3 aromatic carbocycles. The number of carbonyl (C=O) groups excluding carboxylic acids is 1. The molecule has 0 radical (unpaired) electrons. The van der Waals surface area contributed by atoms with Crippen LogP contribution in [0.15, 0.2) is 88.9 Å². The molecule has 5 aromatic rings. The molecule has 2 unspecified atom stereocenters. The molecule has 0 saturated heterocycles. The molecule has 0 fully saturated rings. The zero-order valence-corrected chi connectivity index (χ0v) is 35.4. The predicted octanol–water partition coefficient (Wildman–Crippen LogP) is 5.84. The fraction of sp³-hybridized carbons (Fsp3) is 0.386. The van der Waals surface area contributed by atoms with Crippen LogP contribution in [0.25, 0.3) is 11.1 Å². The highest BCUT2D eigenvalue weighted by atomic mass is 32.2. The van der Waals surface area contributed by atoms with Gasteiger partial charge < -0.3 is 34.1 Å². The smallest absolute Gasteiger partial charge is 0.416 e. The van der Waals surface area contributed by atoms with Crippen molar-refractivity contribution in [1.29, 1.82) is 0 Å². The molecule has 2 aromatic heterocycles. The summed E-state index contributed by atoms with van der Waals surface area (Å²) in [5.74, 6) is -0.582. The van der Waals surface area contributed by atoms with Crippen molar-refractivity contribution in [1.82, 2.24) is 28.9 Å². The fourth-order valence-corrected chi connectivity index (χ4v) is 7.89. The van der Waals surface area contributed by atoms with Gasteiger partial charge in [-0.15, -0.1) is 0 Å². The van der Waals surface area contributed by atoms with Crippen molar-refractivity contribution in [3.8, 4) is 11.1 Å². The first-order valence-electron chi connectivity index (χ1n) is 20.0. The maximum atomic E-state index is 13.6. The van der Waals surface area contributed by atoms with Crippen LogP contribution in [0.5, 0.6) is 0 Å². The van der Waals surface area contributed by atoms with Crippen LogP contribution in [-0.2, 0) is 58.7 Å². The molecule has 62 heavy (non-hydrogen) atoms. The number of rotatable bonds is 19. The van der Waals surface area contributed by atoms with Crippen LogP contribution in [0.1, 0.15) is 59.7 Å². The molecule has 0 saturated carbocycles. The number of benzene rings is 3. The number of carbonyl (C=O) groups is 2. The van der Waals surface area contributed by atoms with Gasteiger partial charge in [-0.05, 0) is 85.9 Å². The number of carboxylic acid groups (broad SMARTS) is 1. The molecule has 0 spiro atoms. The van der Waals surface area contributed by atoms with Gasteiger partial charge in [0.15, 0.2) is 5.16 Å². The van der Waals surface area contributed by atoms with E-state index in [0.29, 0.717) is 42.5 Å². The van der Waals surface area contributed by atoms with Crippen molar-refractivity contribution in [2.24, 2.45) is 0 Å². The highest BCUT2D eigenvalue weighted by Gasteiger charge is 2.30. The topological polar surface area (TPSA) is 163 Å². The van der Waals surface area contributed by atoms with E-state index in [1.54, 1.807) is 12.1 Å². The number of aliphatic carboxylic acids is 1. The Morgan fingerprint density at radius 1 is 0.919 bits per heavy atom. The monoisotopic (exact) mass is 882 g/mol. The van der Waals surface area contributed by atoms with Gasteiger partial charge in [-0.2, -0.15) is 18.2 Å². The molecule has 1 aliphatic rings. The Balaban J connectivity index is 0.000000646. The number of ether oxygens (including phenoxy) is 1. The minimum Gasteiger partial charge on any atom is -0.479 e. The fourth-order valence-electron chi connectivity index (χ4n) is 6.93.